The summed E-state index contributed by atoms with van der Waals surface area (Å²) in [6.45, 7) is 4.94. The van der Waals surface area contributed by atoms with E-state index >= 15 is 0 Å². The summed E-state index contributed by atoms with van der Waals surface area (Å²) >= 11 is 0. The van der Waals surface area contributed by atoms with Crippen LogP contribution in [0.1, 0.15) is 18.9 Å². The molecule has 18 heavy (non-hydrogen) atoms. The van der Waals surface area contributed by atoms with E-state index in [9.17, 15) is 0 Å². The molecule has 2 atom stereocenters. The molecule has 0 aliphatic carbocycles. The van der Waals surface area contributed by atoms with Crippen LogP contribution in [0.2, 0.25) is 0 Å². The minimum atomic E-state index is 0.388. The zero-order valence-electron chi connectivity index (χ0n) is 10.7. The Hall–Kier alpha value is -1.32. The number of nitrogens with one attached hydrogen (secondary N) is 1. The molecule has 1 aromatic heterocycles. The van der Waals surface area contributed by atoms with E-state index in [1.165, 1.54) is 17.4 Å². The van der Waals surface area contributed by atoms with Gasteiger partial charge < -0.3 is 14.5 Å². The fraction of sp³-hybridized carbons (Fsp3) is 0.467. The minimum Gasteiger partial charge on any atom is -0.464 e. The van der Waals surface area contributed by atoms with Gasteiger partial charge in [0, 0.05) is 30.6 Å². The van der Waals surface area contributed by atoms with Crippen LogP contribution in [-0.4, -0.2) is 19.3 Å². The fourth-order valence-electron chi connectivity index (χ4n) is 2.61. The van der Waals surface area contributed by atoms with Gasteiger partial charge in [-0.3, -0.25) is 0 Å². The second-order valence-corrected chi connectivity index (χ2v) is 5.01. The molecule has 2 unspecified atom stereocenters. The summed E-state index contributed by atoms with van der Waals surface area (Å²) in [6.07, 6.45) is 3.41. The Labute approximate surface area is 107 Å². The number of ether oxygens (including phenoxy) is 1. The summed E-state index contributed by atoms with van der Waals surface area (Å²) in [5, 5.41) is 4.72. The zero-order chi connectivity index (χ0) is 12.4. The van der Waals surface area contributed by atoms with Crippen LogP contribution < -0.4 is 5.32 Å². The lowest BCUT2D eigenvalue weighted by Gasteiger charge is -2.14. The maximum atomic E-state index is 5.56. The second-order valence-electron chi connectivity index (χ2n) is 5.01. The molecule has 0 radical (unpaired) electrons. The van der Waals surface area contributed by atoms with E-state index in [0.29, 0.717) is 12.0 Å². The number of fused-ring (bicyclic) bond motifs is 1. The van der Waals surface area contributed by atoms with Crippen LogP contribution in [0, 0.1) is 5.92 Å². The third-order valence-corrected chi connectivity index (χ3v) is 3.82. The van der Waals surface area contributed by atoms with Crippen LogP contribution in [0.15, 0.2) is 34.9 Å². The van der Waals surface area contributed by atoms with Gasteiger partial charge in [-0.15, -0.1) is 0 Å². The number of hydrogen-bond acceptors (Lipinski definition) is 3. The van der Waals surface area contributed by atoms with Gasteiger partial charge in [-0.2, -0.15) is 0 Å². The Morgan fingerprint density at radius 1 is 1.33 bits per heavy atom. The van der Waals surface area contributed by atoms with Crippen molar-refractivity contribution in [2.45, 2.75) is 26.0 Å². The molecule has 1 N–H and O–H groups in total. The average Bonchev–Trinajstić information content (AvgIpc) is 2.97. The van der Waals surface area contributed by atoms with Crippen molar-refractivity contribution >= 4 is 11.0 Å². The molecule has 96 valence electrons. The molecule has 1 fully saturated rings. The highest BCUT2D eigenvalue weighted by atomic mass is 16.5. The molecule has 0 amide bonds. The standard InChI is InChI=1S/C15H19NO2/c1-11-12(6-7-17-11)8-16-9-13-10-18-15-5-3-2-4-14(13)15/h2-5,10-12,16H,6-9H2,1H3. The van der Waals surface area contributed by atoms with Gasteiger partial charge in [-0.25, -0.2) is 0 Å². The highest BCUT2D eigenvalue weighted by Gasteiger charge is 2.23. The van der Waals surface area contributed by atoms with Crippen molar-refractivity contribution in [3.05, 3.63) is 36.1 Å². The van der Waals surface area contributed by atoms with E-state index in [4.69, 9.17) is 9.15 Å². The monoisotopic (exact) mass is 245 g/mol. The lowest BCUT2D eigenvalue weighted by Crippen LogP contribution is -2.26. The molecule has 1 aromatic carbocycles. The van der Waals surface area contributed by atoms with Crippen molar-refractivity contribution in [1.29, 1.82) is 0 Å². The smallest absolute Gasteiger partial charge is 0.134 e. The number of benzene rings is 1. The maximum absolute atomic E-state index is 5.56. The molecular formula is C15H19NO2. The quantitative estimate of drug-likeness (QED) is 0.899. The molecule has 3 nitrogen and oxygen atoms in total. The number of rotatable bonds is 4. The largest absolute Gasteiger partial charge is 0.464 e. The fourth-order valence-corrected chi connectivity index (χ4v) is 2.61. The Kier molecular flexibility index (Phi) is 3.35. The summed E-state index contributed by atoms with van der Waals surface area (Å²) in [6, 6.07) is 8.16. The van der Waals surface area contributed by atoms with E-state index in [2.05, 4.69) is 18.3 Å². The Morgan fingerprint density at radius 2 is 2.22 bits per heavy atom. The number of hydrogen-bond donors (Lipinski definition) is 1. The first-order valence-electron chi connectivity index (χ1n) is 6.62. The summed E-state index contributed by atoms with van der Waals surface area (Å²) in [5.74, 6) is 0.642. The van der Waals surface area contributed by atoms with Crippen molar-refractivity contribution < 1.29 is 9.15 Å². The molecule has 3 rings (SSSR count). The predicted molar refractivity (Wildman–Crippen MR) is 71.4 cm³/mol. The molecule has 1 saturated heterocycles. The second kappa shape index (κ2) is 5.12. The molecule has 2 heterocycles. The van der Waals surface area contributed by atoms with E-state index in [1.54, 1.807) is 0 Å². The van der Waals surface area contributed by atoms with E-state index in [1.807, 2.05) is 24.5 Å². The van der Waals surface area contributed by atoms with Gasteiger partial charge in [0.25, 0.3) is 0 Å². The van der Waals surface area contributed by atoms with E-state index < -0.39 is 0 Å². The van der Waals surface area contributed by atoms with E-state index in [-0.39, 0.29) is 0 Å². The third-order valence-electron chi connectivity index (χ3n) is 3.82. The van der Waals surface area contributed by atoms with Gasteiger partial charge in [0.15, 0.2) is 0 Å². The van der Waals surface area contributed by atoms with Crippen molar-refractivity contribution in [1.82, 2.24) is 5.32 Å². The maximum Gasteiger partial charge on any atom is 0.134 e. The van der Waals surface area contributed by atoms with Crippen LogP contribution in [0.4, 0.5) is 0 Å². The van der Waals surface area contributed by atoms with Gasteiger partial charge in [0.05, 0.1) is 12.4 Å². The molecule has 3 heteroatoms. The molecule has 1 aliphatic heterocycles. The van der Waals surface area contributed by atoms with Crippen LogP contribution in [0.25, 0.3) is 11.0 Å². The first kappa shape index (κ1) is 11.8. The lowest BCUT2D eigenvalue weighted by molar-refractivity contribution is 0.105. The zero-order valence-corrected chi connectivity index (χ0v) is 10.7. The Morgan fingerprint density at radius 3 is 3.06 bits per heavy atom. The lowest BCUT2D eigenvalue weighted by atomic mass is 10.0. The van der Waals surface area contributed by atoms with Crippen molar-refractivity contribution in [3.63, 3.8) is 0 Å². The predicted octanol–water partition coefficient (Wildman–Crippen LogP) is 2.95. The normalized spacial score (nSPS) is 23.8. The molecule has 0 saturated carbocycles. The Bertz CT molecular complexity index is 520. The summed E-state index contributed by atoms with van der Waals surface area (Å²) in [4.78, 5) is 0. The highest BCUT2D eigenvalue weighted by molar-refractivity contribution is 5.80. The van der Waals surface area contributed by atoms with Crippen LogP contribution in [0.5, 0.6) is 0 Å². The summed E-state index contributed by atoms with van der Waals surface area (Å²) in [7, 11) is 0. The molecular weight excluding hydrogens is 226 g/mol. The van der Waals surface area contributed by atoms with Crippen molar-refractivity contribution in [2.75, 3.05) is 13.2 Å². The van der Waals surface area contributed by atoms with Crippen LogP contribution in [-0.2, 0) is 11.3 Å². The topological polar surface area (TPSA) is 34.4 Å². The molecule has 0 bridgehead atoms. The number of furan rings is 1. The van der Waals surface area contributed by atoms with Crippen molar-refractivity contribution in [3.8, 4) is 0 Å². The third kappa shape index (κ3) is 2.28. The van der Waals surface area contributed by atoms with Crippen LogP contribution in [0.3, 0.4) is 0 Å². The van der Waals surface area contributed by atoms with Gasteiger partial charge in [-0.1, -0.05) is 18.2 Å². The first-order chi connectivity index (χ1) is 8.84. The summed E-state index contributed by atoms with van der Waals surface area (Å²) < 4.78 is 11.1. The molecule has 0 spiro atoms. The van der Waals surface area contributed by atoms with Crippen LogP contribution >= 0.6 is 0 Å². The van der Waals surface area contributed by atoms with E-state index in [0.717, 1.165) is 25.3 Å². The van der Waals surface area contributed by atoms with Gasteiger partial charge in [0.2, 0.25) is 0 Å². The molecule has 1 aliphatic rings. The number of para-hydroxylation sites is 1. The highest BCUT2D eigenvalue weighted by Crippen LogP contribution is 2.22. The minimum absolute atomic E-state index is 0.388. The van der Waals surface area contributed by atoms with Gasteiger partial charge in [-0.05, 0) is 25.3 Å². The average molecular weight is 245 g/mol. The van der Waals surface area contributed by atoms with Crippen molar-refractivity contribution in [2.24, 2.45) is 5.92 Å². The summed E-state index contributed by atoms with van der Waals surface area (Å²) in [5.41, 5.74) is 2.20. The van der Waals surface area contributed by atoms with Gasteiger partial charge in [0.1, 0.15) is 5.58 Å². The van der Waals surface area contributed by atoms with Gasteiger partial charge >= 0.3 is 0 Å². The molecule has 2 aromatic rings. The first-order valence-corrected chi connectivity index (χ1v) is 6.62. The SMILES string of the molecule is CC1OCCC1CNCc1coc2ccccc12. The Balaban J connectivity index is 1.60.